The number of hydrogen-bond acceptors (Lipinski definition) is 4. The van der Waals surface area contributed by atoms with E-state index >= 15 is 0 Å². The molecular formula is C15H21F2N3O4S. The molecule has 140 valence electrons. The Morgan fingerprint density at radius 2 is 1.68 bits per heavy atom. The van der Waals surface area contributed by atoms with E-state index in [1.165, 1.54) is 0 Å². The number of sulfonamides is 1. The maximum atomic E-state index is 13.1. The van der Waals surface area contributed by atoms with Crippen molar-refractivity contribution in [3.63, 3.8) is 0 Å². The average molecular weight is 377 g/mol. The molecule has 0 unspecified atom stereocenters. The van der Waals surface area contributed by atoms with Crippen molar-refractivity contribution in [1.29, 1.82) is 0 Å². The van der Waals surface area contributed by atoms with Gasteiger partial charge in [-0.15, -0.1) is 0 Å². The SMILES string of the molecule is CC(C)C(=O)NCCNC(=O)CCNS(=O)(=O)c1ccc(F)c(F)c1. The molecule has 0 bridgehead atoms. The van der Waals surface area contributed by atoms with Crippen LogP contribution in [0.4, 0.5) is 8.78 Å². The van der Waals surface area contributed by atoms with Gasteiger partial charge in [0.15, 0.2) is 11.6 Å². The van der Waals surface area contributed by atoms with E-state index < -0.39 is 32.5 Å². The Morgan fingerprint density at radius 3 is 2.28 bits per heavy atom. The lowest BCUT2D eigenvalue weighted by molar-refractivity contribution is -0.124. The van der Waals surface area contributed by atoms with Crippen molar-refractivity contribution in [2.75, 3.05) is 19.6 Å². The molecule has 3 N–H and O–H groups in total. The highest BCUT2D eigenvalue weighted by molar-refractivity contribution is 7.89. The largest absolute Gasteiger partial charge is 0.354 e. The first-order valence-electron chi connectivity index (χ1n) is 7.62. The Kier molecular flexibility index (Phi) is 7.91. The smallest absolute Gasteiger partial charge is 0.240 e. The van der Waals surface area contributed by atoms with E-state index in [4.69, 9.17) is 0 Å². The van der Waals surface area contributed by atoms with E-state index in [-0.39, 0.29) is 37.9 Å². The van der Waals surface area contributed by atoms with E-state index in [0.717, 1.165) is 6.07 Å². The molecule has 0 aromatic heterocycles. The lowest BCUT2D eigenvalue weighted by Gasteiger charge is -2.09. The van der Waals surface area contributed by atoms with Crippen LogP contribution in [0.1, 0.15) is 20.3 Å². The standard InChI is InChI=1S/C15H21F2N3O4S/c1-10(2)15(22)19-8-7-18-14(21)5-6-20-25(23,24)11-3-4-12(16)13(17)9-11/h3-4,9-10,20H,5-8H2,1-2H3,(H,18,21)(H,19,22). The number of rotatable bonds is 9. The minimum Gasteiger partial charge on any atom is -0.354 e. The summed E-state index contributed by atoms with van der Waals surface area (Å²) < 4.78 is 51.8. The Balaban J connectivity index is 2.34. The fourth-order valence-electron chi connectivity index (χ4n) is 1.71. The predicted molar refractivity (Wildman–Crippen MR) is 87.0 cm³/mol. The molecule has 0 saturated carbocycles. The molecule has 1 aromatic carbocycles. The van der Waals surface area contributed by atoms with Gasteiger partial charge in [0.25, 0.3) is 0 Å². The number of nitrogens with one attached hydrogen (secondary N) is 3. The highest BCUT2D eigenvalue weighted by atomic mass is 32.2. The van der Waals surface area contributed by atoms with Gasteiger partial charge in [-0.3, -0.25) is 9.59 Å². The molecule has 0 aliphatic heterocycles. The summed E-state index contributed by atoms with van der Waals surface area (Å²) in [7, 11) is -4.03. The van der Waals surface area contributed by atoms with Crippen LogP contribution in [0.15, 0.2) is 23.1 Å². The number of carbonyl (C=O) groups excluding carboxylic acids is 2. The summed E-state index contributed by atoms with van der Waals surface area (Å²) in [5, 5.41) is 5.14. The molecule has 25 heavy (non-hydrogen) atoms. The predicted octanol–water partition coefficient (Wildman–Crippen LogP) is 0.522. The molecule has 7 nitrogen and oxygen atoms in total. The molecule has 0 fully saturated rings. The molecular weight excluding hydrogens is 356 g/mol. The zero-order valence-corrected chi connectivity index (χ0v) is 14.8. The summed E-state index contributed by atoms with van der Waals surface area (Å²) in [5.74, 6) is -3.12. The maximum absolute atomic E-state index is 13.1. The molecule has 2 amide bonds. The zero-order valence-electron chi connectivity index (χ0n) is 13.9. The Hall–Kier alpha value is -2.07. The summed E-state index contributed by atoms with van der Waals surface area (Å²) in [4.78, 5) is 22.4. The Morgan fingerprint density at radius 1 is 1.04 bits per heavy atom. The monoisotopic (exact) mass is 377 g/mol. The summed E-state index contributed by atoms with van der Waals surface area (Å²) in [6, 6.07) is 2.20. The van der Waals surface area contributed by atoms with Crippen molar-refractivity contribution in [3.8, 4) is 0 Å². The van der Waals surface area contributed by atoms with E-state index in [9.17, 15) is 26.8 Å². The van der Waals surface area contributed by atoms with Crippen LogP contribution < -0.4 is 15.4 Å². The van der Waals surface area contributed by atoms with Crippen molar-refractivity contribution in [2.24, 2.45) is 5.92 Å². The van der Waals surface area contributed by atoms with Crippen LogP contribution in [0.3, 0.4) is 0 Å². The third kappa shape index (κ3) is 7.14. The third-order valence-electron chi connectivity index (χ3n) is 3.12. The summed E-state index contributed by atoms with van der Waals surface area (Å²) >= 11 is 0. The molecule has 0 atom stereocenters. The topological polar surface area (TPSA) is 104 Å². The molecule has 0 aliphatic rings. The molecule has 0 spiro atoms. The number of benzene rings is 1. The normalized spacial score (nSPS) is 11.4. The Labute approximate surface area is 145 Å². The van der Waals surface area contributed by atoms with Gasteiger partial charge in [0.05, 0.1) is 4.90 Å². The molecule has 0 heterocycles. The first-order valence-corrected chi connectivity index (χ1v) is 9.11. The molecule has 0 radical (unpaired) electrons. The number of hydrogen-bond donors (Lipinski definition) is 3. The van der Waals surface area contributed by atoms with E-state index in [2.05, 4.69) is 15.4 Å². The third-order valence-corrected chi connectivity index (χ3v) is 4.57. The van der Waals surface area contributed by atoms with Crippen molar-refractivity contribution >= 4 is 21.8 Å². The molecule has 10 heteroatoms. The van der Waals surface area contributed by atoms with Crippen LogP contribution in [0, 0.1) is 17.6 Å². The summed E-state index contributed by atoms with van der Waals surface area (Å²) in [6.45, 7) is 3.77. The van der Waals surface area contributed by atoms with Crippen LogP contribution in [0.5, 0.6) is 0 Å². The van der Waals surface area contributed by atoms with E-state index in [1.807, 2.05) is 0 Å². The average Bonchev–Trinajstić information content (AvgIpc) is 2.53. The van der Waals surface area contributed by atoms with Crippen LogP contribution in [0.25, 0.3) is 0 Å². The highest BCUT2D eigenvalue weighted by Crippen LogP contribution is 2.13. The molecule has 0 saturated heterocycles. The van der Waals surface area contributed by atoms with Crippen LogP contribution in [0.2, 0.25) is 0 Å². The van der Waals surface area contributed by atoms with E-state index in [1.54, 1.807) is 13.8 Å². The van der Waals surface area contributed by atoms with Gasteiger partial charge < -0.3 is 10.6 Å². The number of halogens is 2. The van der Waals surface area contributed by atoms with Gasteiger partial charge >= 0.3 is 0 Å². The van der Waals surface area contributed by atoms with Gasteiger partial charge in [-0.1, -0.05) is 13.8 Å². The Bertz CT molecular complexity index is 723. The maximum Gasteiger partial charge on any atom is 0.240 e. The second kappa shape index (κ2) is 9.42. The molecule has 1 rings (SSSR count). The van der Waals surface area contributed by atoms with Gasteiger partial charge in [0, 0.05) is 32.0 Å². The minimum absolute atomic E-state index is 0.131. The van der Waals surface area contributed by atoms with Crippen molar-refractivity contribution in [1.82, 2.24) is 15.4 Å². The van der Waals surface area contributed by atoms with Gasteiger partial charge in [0.2, 0.25) is 21.8 Å². The first-order chi connectivity index (χ1) is 11.6. The van der Waals surface area contributed by atoms with Crippen molar-refractivity contribution in [3.05, 3.63) is 29.8 Å². The summed E-state index contributed by atoms with van der Waals surface area (Å²) in [6.07, 6.45) is -0.138. The summed E-state index contributed by atoms with van der Waals surface area (Å²) in [5.41, 5.74) is 0. The number of amides is 2. The van der Waals surface area contributed by atoms with Crippen LogP contribution >= 0.6 is 0 Å². The lowest BCUT2D eigenvalue weighted by Crippen LogP contribution is -2.37. The van der Waals surface area contributed by atoms with Gasteiger partial charge in [-0.25, -0.2) is 21.9 Å². The van der Waals surface area contributed by atoms with Gasteiger partial charge in [-0.2, -0.15) is 0 Å². The zero-order chi connectivity index (χ0) is 19.0. The number of carbonyl (C=O) groups is 2. The fraction of sp³-hybridized carbons (Fsp3) is 0.467. The second-order valence-electron chi connectivity index (χ2n) is 5.52. The lowest BCUT2D eigenvalue weighted by atomic mass is 10.2. The van der Waals surface area contributed by atoms with Crippen molar-refractivity contribution < 1.29 is 26.8 Å². The second-order valence-corrected chi connectivity index (χ2v) is 7.29. The first kappa shape index (κ1) is 21.0. The fourth-order valence-corrected chi connectivity index (χ4v) is 2.75. The van der Waals surface area contributed by atoms with Gasteiger partial charge in [-0.05, 0) is 18.2 Å². The molecule has 0 aliphatic carbocycles. The quantitative estimate of drug-likeness (QED) is 0.546. The van der Waals surface area contributed by atoms with Crippen LogP contribution in [-0.2, 0) is 19.6 Å². The van der Waals surface area contributed by atoms with Gasteiger partial charge in [0.1, 0.15) is 0 Å². The van der Waals surface area contributed by atoms with E-state index in [0.29, 0.717) is 12.1 Å². The minimum atomic E-state index is -4.03. The van der Waals surface area contributed by atoms with Crippen molar-refractivity contribution in [2.45, 2.75) is 25.2 Å². The van der Waals surface area contributed by atoms with Crippen LogP contribution in [-0.4, -0.2) is 39.9 Å². The molecule has 1 aromatic rings. The highest BCUT2D eigenvalue weighted by Gasteiger charge is 2.16.